The standard InChI is InChI=1S/C16H17N5O3S/c1-2-21-9-11(8-17-21)16(22)20-5-6-23-12(10-20)15-18-14(19-24-15)13-4-3-7-25-13/h3-4,7-9,12H,2,5-6,10H2,1H3/t12-/m0/s1. The molecule has 1 atom stereocenters. The minimum Gasteiger partial charge on any atom is -0.365 e. The molecule has 8 nitrogen and oxygen atoms in total. The molecule has 1 aliphatic rings. The Morgan fingerprint density at radius 1 is 1.48 bits per heavy atom. The molecule has 0 radical (unpaired) electrons. The van der Waals surface area contributed by atoms with Crippen LogP contribution in [0, 0.1) is 0 Å². The summed E-state index contributed by atoms with van der Waals surface area (Å²) in [7, 11) is 0. The summed E-state index contributed by atoms with van der Waals surface area (Å²) in [5.41, 5.74) is 0.576. The summed E-state index contributed by atoms with van der Waals surface area (Å²) >= 11 is 1.54. The minimum atomic E-state index is -0.417. The van der Waals surface area contributed by atoms with E-state index in [2.05, 4.69) is 15.2 Å². The van der Waals surface area contributed by atoms with E-state index in [1.165, 1.54) is 0 Å². The van der Waals surface area contributed by atoms with E-state index in [0.29, 0.717) is 37.0 Å². The van der Waals surface area contributed by atoms with Gasteiger partial charge in [-0.3, -0.25) is 9.48 Å². The molecule has 4 heterocycles. The molecule has 3 aromatic heterocycles. The van der Waals surface area contributed by atoms with E-state index in [1.54, 1.807) is 33.3 Å². The lowest BCUT2D eigenvalue weighted by Gasteiger charge is -2.30. The molecular weight excluding hydrogens is 342 g/mol. The van der Waals surface area contributed by atoms with Gasteiger partial charge in [-0.2, -0.15) is 10.1 Å². The number of aromatic nitrogens is 4. The van der Waals surface area contributed by atoms with E-state index < -0.39 is 6.10 Å². The number of carbonyl (C=O) groups excluding carboxylic acids is 1. The van der Waals surface area contributed by atoms with Crippen LogP contribution in [0.2, 0.25) is 0 Å². The summed E-state index contributed by atoms with van der Waals surface area (Å²) in [6.07, 6.45) is 2.94. The van der Waals surface area contributed by atoms with Gasteiger partial charge in [0.05, 0.1) is 29.8 Å². The van der Waals surface area contributed by atoms with E-state index in [4.69, 9.17) is 9.26 Å². The van der Waals surface area contributed by atoms with Gasteiger partial charge in [-0.1, -0.05) is 11.2 Å². The van der Waals surface area contributed by atoms with Gasteiger partial charge in [-0.05, 0) is 18.4 Å². The van der Waals surface area contributed by atoms with Crippen molar-refractivity contribution in [2.75, 3.05) is 19.7 Å². The third kappa shape index (κ3) is 3.20. The second kappa shape index (κ2) is 6.77. The first kappa shape index (κ1) is 16.0. The Hall–Kier alpha value is -2.52. The monoisotopic (exact) mass is 359 g/mol. The van der Waals surface area contributed by atoms with Crippen molar-refractivity contribution < 1.29 is 14.1 Å². The van der Waals surface area contributed by atoms with Gasteiger partial charge in [-0.15, -0.1) is 11.3 Å². The van der Waals surface area contributed by atoms with Crippen molar-refractivity contribution in [3.8, 4) is 10.7 Å². The van der Waals surface area contributed by atoms with Crippen molar-refractivity contribution in [1.82, 2.24) is 24.8 Å². The Kier molecular flexibility index (Phi) is 4.33. The van der Waals surface area contributed by atoms with Gasteiger partial charge < -0.3 is 14.2 Å². The zero-order chi connectivity index (χ0) is 17.2. The van der Waals surface area contributed by atoms with Gasteiger partial charge >= 0.3 is 0 Å². The molecule has 0 aliphatic carbocycles. The maximum absolute atomic E-state index is 12.6. The number of aryl methyl sites for hydroxylation is 1. The fourth-order valence-corrected chi connectivity index (χ4v) is 3.33. The molecule has 0 N–H and O–H groups in total. The highest BCUT2D eigenvalue weighted by Crippen LogP contribution is 2.26. The van der Waals surface area contributed by atoms with Gasteiger partial charge in [0.25, 0.3) is 11.8 Å². The molecule has 0 spiro atoms. The number of amides is 1. The Morgan fingerprint density at radius 2 is 2.40 bits per heavy atom. The summed E-state index contributed by atoms with van der Waals surface area (Å²) in [6.45, 7) is 4.04. The predicted molar refractivity (Wildman–Crippen MR) is 90.1 cm³/mol. The second-order valence-corrected chi connectivity index (χ2v) is 6.58. The number of hydrogen-bond donors (Lipinski definition) is 0. The van der Waals surface area contributed by atoms with Crippen molar-refractivity contribution >= 4 is 17.2 Å². The first-order valence-electron chi connectivity index (χ1n) is 8.05. The summed E-state index contributed by atoms with van der Waals surface area (Å²) < 4.78 is 12.8. The highest BCUT2D eigenvalue weighted by Gasteiger charge is 2.30. The van der Waals surface area contributed by atoms with E-state index in [9.17, 15) is 4.79 Å². The molecule has 3 aromatic rings. The number of rotatable bonds is 4. The van der Waals surface area contributed by atoms with Crippen LogP contribution in [0.4, 0.5) is 0 Å². The zero-order valence-corrected chi connectivity index (χ0v) is 14.5. The van der Waals surface area contributed by atoms with Crippen LogP contribution in [0.25, 0.3) is 10.7 Å². The molecule has 1 aliphatic heterocycles. The lowest BCUT2D eigenvalue weighted by Crippen LogP contribution is -2.42. The van der Waals surface area contributed by atoms with E-state index in [-0.39, 0.29) is 5.91 Å². The van der Waals surface area contributed by atoms with Gasteiger partial charge in [0.15, 0.2) is 6.10 Å². The first-order chi connectivity index (χ1) is 12.2. The van der Waals surface area contributed by atoms with E-state index in [1.807, 2.05) is 24.4 Å². The van der Waals surface area contributed by atoms with Crippen LogP contribution in [0.15, 0.2) is 34.4 Å². The topological polar surface area (TPSA) is 86.3 Å². The molecule has 130 valence electrons. The van der Waals surface area contributed by atoms with E-state index in [0.717, 1.165) is 11.4 Å². The average molecular weight is 359 g/mol. The van der Waals surface area contributed by atoms with Crippen LogP contribution >= 0.6 is 11.3 Å². The largest absolute Gasteiger partial charge is 0.365 e. The fraction of sp³-hybridized carbons (Fsp3) is 0.375. The molecule has 25 heavy (non-hydrogen) atoms. The number of nitrogens with zero attached hydrogens (tertiary/aromatic N) is 5. The van der Waals surface area contributed by atoms with Crippen LogP contribution in [0.5, 0.6) is 0 Å². The fourth-order valence-electron chi connectivity index (χ4n) is 2.68. The zero-order valence-electron chi connectivity index (χ0n) is 13.7. The second-order valence-electron chi connectivity index (χ2n) is 5.63. The molecule has 1 amide bonds. The molecule has 1 fully saturated rings. The quantitative estimate of drug-likeness (QED) is 0.710. The van der Waals surface area contributed by atoms with Gasteiger partial charge in [0.2, 0.25) is 5.82 Å². The van der Waals surface area contributed by atoms with Crippen molar-refractivity contribution in [1.29, 1.82) is 0 Å². The van der Waals surface area contributed by atoms with Crippen LogP contribution in [-0.2, 0) is 11.3 Å². The lowest BCUT2D eigenvalue weighted by atomic mass is 10.2. The predicted octanol–water partition coefficient (Wildman–Crippen LogP) is 2.23. The smallest absolute Gasteiger partial charge is 0.257 e. The van der Waals surface area contributed by atoms with Crippen LogP contribution in [-0.4, -0.2) is 50.4 Å². The molecule has 0 saturated carbocycles. The van der Waals surface area contributed by atoms with Crippen LogP contribution in [0.1, 0.15) is 29.3 Å². The number of morpholine rings is 1. The first-order valence-corrected chi connectivity index (χ1v) is 8.93. The molecule has 1 saturated heterocycles. The van der Waals surface area contributed by atoms with Crippen molar-refractivity contribution in [2.24, 2.45) is 0 Å². The van der Waals surface area contributed by atoms with Crippen molar-refractivity contribution in [2.45, 2.75) is 19.6 Å². The summed E-state index contributed by atoms with van der Waals surface area (Å²) in [5.74, 6) is 0.873. The molecule has 0 bridgehead atoms. The van der Waals surface area contributed by atoms with E-state index >= 15 is 0 Å². The SMILES string of the molecule is CCn1cc(C(=O)N2CCO[C@H](c3nc(-c4cccs4)no3)C2)cn1. The summed E-state index contributed by atoms with van der Waals surface area (Å²) in [4.78, 5) is 19.7. The molecule has 9 heteroatoms. The summed E-state index contributed by atoms with van der Waals surface area (Å²) in [6, 6.07) is 3.87. The van der Waals surface area contributed by atoms with Gasteiger partial charge in [0.1, 0.15) is 0 Å². The van der Waals surface area contributed by atoms with Crippen molar-refractivity contribution in [3.05, 3.63) is 41.4 Å². The molecular formula is C16H17N5O3S. The Bertz CT molecular complexity index is 857. The number of ether oxygens (including phenoxy) is 1. The third-order valence-corrected chi connectivity index (χ3v) is 4.88. The Morgan fingerprint density at radius 3 is 3.16 bits per heavy atom. The maximum Gasteiger partial charge on any atom is 0.257 e. The molecule has 0 aromatic carbocycles. The normalized spacial score (nSPS) is 17.8. The minimum absolute atomic E-state index is 0.0639. The third-order valence-electron chi connectivity index (χ3n) is 4.02. The van der Waals surface area contributed by atoms with Gasteiger partial charge in [0, 0.05) is 19.3 Å². The molecule has 0 unspecified atom stereocenters. The van der Waals surface area contributed by atoms with Crippen LogP contribution in [0.3, 0.4) is 0 Å². The lowest BCUT2D eigenvalue weighted by molar-refractivity contribution is -0.0367. The average Bonchev–Trinajstić information content (AvgIpc) is 3.41. The maximum atomic E-state index is 12.6. The number of hydrogen-bond acceptors (Lipinski definition) is 7. The van der Waals surface area contributed by atoms with Crippen LogP contribution < -0.4 is 0 Å². The summed E-state index contributed by atoms with van der Waals surface area (Å²) in [5, 5.41) is 10.1. The number of thiophene rings is 1. The van der Waals surface area contributed by atoms with Crippen molar-refractivity contribution in [3.63, 3.8) is 0 Å². The highest BCUT2D eigenvalue weighted by atomic mass is 32.1. The Labute approximate surface area is 148 Å². The molecule has 4 rings (SSSR count). The van der Waals surface area contributed by atoms with Gasteiger partial charge in [-0.25, -0.2) is 0 Å². The number of carbonyl (C=O) groups is 1. The highest BCUT2D eigenvalue weighted by molar-refractivity contribution is 7.13. The Balaban J connectivity index is 1.48.